The van der Waals surface area contributed by atoms with Crippen molar-refractivity contribution in [2.75, 3.05) is 44.3 Å². The van der Waals surface area contributed by atoms with E-state index < -0.39 is 268 Å². The lowest BCUT2D eigenvalue weighted by Crippen LogP contribution is -2.61. The molecule has 0 spiro atoms. The number of carbonyl (C=O) groups excluding carboxylic acids is 17. The predicted octanol–water partition coefficient (Wildman–Crippen LogP) is -5.27. The van der Waals surface area contributed by atoms with Crippen molar-refractivity contribution < 1.29 is 126 Å². The van der Waals surface area contributed by atoms with Crippen LogP contribution in [0.2, 0.25) is 0 Å². The molecule has 3 heterocycles. The van der Waals surface area contributed by atoms with Gasteiger partial charge in [-0.05, 0) is 81.3 Å². The number of nitrogens with two attached hydrogens (primary N) is 3. The second-order valence-corrected chi connectivity index (χ2v) is 29.1. The number of amides is 15. The monoisotopic (exact) mass is 1730 g/mol. The van der Waals surface area contributed by atoms with Crippen LogP contribution in [-0.2, 0) is 97.5 Å². The Balaban J connectivity index is 1.62. The number of Topliss-reactive ketones (excluding diaryl/α,β-unsaturated/α-hetero) is 1. The number of rotatable bonds is 37. The SMILES string of the molecule is CCCCCCCCCC(=O)N[C@@H](Cc1c[nH]c2ccccc12)C(=O)N[C@@H](CC(N)=O)C(=O)N[C@@H](CCO)C(=O)N[C@@H]1C(=O)NCC(=O)N[C@@H](CCCNC(=O)c2cccnc2N)C(=O)N[C@@H](CC(=O)O)C(=O)N[C@H](C)C(=O)N[C@@H](CC(=O)O)C(=O)NCC(=O)N[C@H](CO)C(=O)N[C@@H]([C@H](C)CC(=O)O)C(=O)N[C@@H](CC(=O)c2ccccc2N)C(=O)O[C@@H]1C. The Morgan fingerprint density at radius 3 is 1.78 bits per heavy atom. The number of para-hydroxylation sites is 2. The van der Waals surface area contributed by atoms with Gasteiger partial charge in [0, 0.05) is 67.0 Å². The van der Waals surface area contributed by atoms with Crippen molar-refractivity contribution >= 4 is 141 Å². The summed E-state index contributed by atoms with van der Waals surface area (Å²) in [4.78, 5) is 283. The summed E-state index contributed by atoms with van der Waals surface area (Å²) in [6.07, 6.45) is -0.501. The fourth-order valence-corrected chi connectivity index (χ4v) is 12.6. The Hall–Kier alpha value is -13.8. The summed E-state index contributed by atoms with van der Waals surface area (Å²) in [5.74, 6) is -28.5. The highest BCUT2D eigenvalue weighted by molar-refractivity contribution is 6.05. The minimum absolute atomic E-state index is 0.000786. The van der Waals surface area contributed by atoms with E-state index in [0.29, 0.717) is 29.3 Å². The Labute approximate surface area is 703 Å². The van der Waals surface area contributed by atoms with Crippen molar-refractivity contribution in [2.45, 2.75) is 209 Å². The number of ether oxygens (including phenoxy) is 1. The number of esters is 1. The van der Waals surface area contributed by atoms with Crippen LogP contribution in [0.1, 0.15) is 157 Å². The highest BCUT2D eigenvalue weighted by Gasteiger charge is 2.41. The van der Waals surface area contributed by atoms with E-state index in [1.54, 1.807) is 30.5 Å². The van der Waals surface area contributed by atoms with Gasteiger partial charge in [-0.25, -0.2) is 9.78 Å². The highest BCUT2D eigenvalue weighted by Crippen LogP contribution is 2.22. The molecule has 0 bridgehead atoms. The number of carboxylic acids is 3. The summed E-state index contributed by atoms with van der Waals surface area (Å²) in [6, 6.07) is -7.41. The van der Waals surface area contributed by atoms with E-state index in [0.717, 1.165) is 52.9 Å². The molecule has 1 aliphatic rings. The minimum Gasteiger partial charge on any atom is -0.481 e. The van der Waals surface area contributed by atoms with E-state index in [1.165, 1.54) is 42.6 Å². The van der Waals surface area contributed by atoms with Gasteiger partial charge in [0.15, 0.2) is 5.78 Å². The zero-order valence-corrected chi connectivity index (χ0v) is 68.0. The number of carbonyl (C=O) groups is 20. The van der Waals surface area contributed by atoms with Gasteiger partial charge in [0.05, 0.1) is 50.9 Å². The van der Waals surface area contributed by atoms with Gasteiger partial charge in [0.1, 0.15) is 78.4 Å². The average molecular weight is 1730 g/mol. The van der Waals surface area contributed by atoms with Crippen LogP contribution in [0.25, 0.3) is 10.9 Å². The second-order valence-electron chi connectivity index (χ2n) is 29.1. The molecule has 26 N–H and O–H groups in total. The Bertz CT molecular complexity index is 4480. The lowest BCUT2D eigenvalue weighted by atomic mass is 9.96. The number of fused-ring (bicyclic) bond motifs is 1. The summed E-state index contributed by atoms with van der Waals surface area (Å²) in [6.45, 7) is 0.0340. The van der Waals surface area contributed by atoms with Crippen LogP contribution in [0.3, 0.4) is 0 Å². The van der Waals surface area contributed by atoms with Crippen LogP contribution in [0.15, 0.2) is 73.1 Å². The number of H-pyrrole nitrogens is 1. The lowest BCUT2D eigenvalue weighted by Gasteiger charge is -2.30. The molecular weight excluding hydrogens is 1620 g/mol. The first-order chi connectivity index (χ1) is 58.3. The second kappa shape index (κ2) is 50.4. The molecule has 45 heteroatoms. The number of hydrogen-bond donors (Lipinski definition) is 23. The van der Waals surface area contributed by atoms with Gasteiger partial charge < -0.3 is 127 Å². The van der Waals surface area contributed by atoms with Crippen LogP contribution >= 0.6 is 0 Å². The third-order valence-electron chi connectivity index (χ3n) is 19.2. The number of benzene rings is 2. The van der Waals surface area contributed by atoms with Crippen LogP contribution < -0.4 is 91.6 Å². The van der Waals surface area contributed by atoms with Crippen LogP contribution in [-0.4, -0.2) is 259 Å². The van der Waals surface area contributed by atoms with Gasteiger partial charge in [-0.3, -0.25) is 91.1 Å². The standard InChI is InChI=1S/C78H107N19O26/c1-5-6-7-8-9-10-11-24-58(102)89-50(30-42-35-84-47-22-15-13-18-43(42)47)73(117)93-51(32-57(80)101)74(118)91-49(25-28-98)71(115)97-65-41(4)123-78(122)54(31-56(100)44-19-12-14-21-46(44)79)95-77(121)64(39(2)29-61(105)106)96-75(119)55(38-99)90-60(104)36-85-69(113)52(33-62(107)108)92-67(111)40(3)87-72(116)53(34-63(109)110)94-70(114)48(88-59(103)37-86-76(65)120)23-17-27-83-68(112)45-20-16-26-82-66(45)81/h12-16,18-22,26,35,39-41,48-55,64-65,84,98-99H,5-11,17,23-25,27-34,36-38,79H2,1-4H3,(H2,80,101)(H2,81,82)(H,83,112)(H,85,113)(H,86,120)(H,87,116)(H,88,103)(H,89,102)(H,90,104)(H,91,118)(H,92,111)(H,93,117)(H,94,114)(H,95,121)(H,96,119)(H,97,115)(H,105,106)(H,107,108)(H,109,110)/t39-,40-,41-,48+,49+,50+,51+,52+,53+,54+,55-,64+,65+/m1/s1. The molecule has 4 aromatic rings. The Morgan fingerprint density at radius 2 is 1.15 bits per heavy atom. The number of aliphatic hydroxyl groups is 2. The highest BCUT2D eigenvalue weighted by atomic mass is 16.5. The minimum atomic E-state index is -2.38. The maximum Gasteiger partial charge on any atom is 0.329 e. The first-order valence-corrected chi connectivity index (χ1v) is 39.5. The summed E-state index contributed by atoms with van der Waals surface area (Å²) in [5, 5.41) is 82.4. The zero-order chi connectivity index (χ0) is 91.2. The molecule has 1 fully saturated rings. The van der Waals surface area contributed by atoms with E-state index in [-0.39, 0.29) is 48.4 Å². The van der Waals surface area contributed by atoms with Gasteiger partial charge in [0.2, 0.25) is 82.7 Å². The van der Waals surface area contributed by atoms with Gasteiger partial charge in [-0.2, -0.15) is 0 Å². The van der Waals surface area contributed by atoms with E-state index >= 15 is 0 Å². The van der Waals surface area contributed by atoms with Crippen molar-refractivity contribution in [1.29, 1.82) is 0 Å². The van der Waals surface area contributed by atoms with Gasteiger partial charge >= 0.3 is 23.9 Å². The van der Waals surface area contributed by atoms with Crippen LogP contribution in [0, 0.1) is 5.92 Å². The van der Waals surface area contributed by atoms with Crippen molar-refractivity contribution in [3.63, 3.8) is 0 Å². The number of nitrogen functional groups attached to an aromatic ring is 2. The molecule has 0 radical (unpaired) electrons. The first-order valence-electron chi connectivity index (χ1n) is 39.5. The number of aliphatic carboxylic acids is 3. The number of aliphatic hydroxyl groups excluding tert-OH is 2. The van der Waals surface area contributed by atoms with Gasteiger partial charge in [-0.15, -0.1) is 0 Å². The largest absolute Gasteiger partial charge is 0.481 e. The molecule has 123 heavy (non-hydrogen) atoms. The third kappa shape index (κ3) is 33.4. The molecule has 45 nitrogen and oxygen atoms in total. The maximum atomic E-state index is 15.0. The quantitative estimate of drug-likeness (QED) is 0.00868. The Kier molecular flexibility index (Phi) is 40.9. The fraction of sp³-hybridized carbons (Fsp3) is 0.500. The van der Waals surface area contributed by atoms with Crippen molar-refractivity contribution in [3.8, 4) is 0 Å². The number of cyclic esters (lactones) is 1. The van der Waals surface area contributed by atoms with Crippen molar-refractivity contribution in [2.24, 2.45) is 11.7 Å². The fourth-order valence-electron chi connectivity index (χ4n) is 12.6. The number of ketones is 1. The molecule has 1 saturated heterocycles. The number of unbranched alkanes of at least 4 members (excludes halogenated alkanes) is 6. The van der Waals surface area contributed by atoms with Crippen LogP contribution in [0.4, 0.5) is 11.5 Å². The molecule has 0 aliphatic carbocycles. The molecule has 0 saturated carbocycles. The van der Waals surface area contributed by atoms with Crippen LogP contribution in [0.5, 0.6) is 0 Å². The molecule has 2 aromatic carbocycles. The summed E-state index contributed by atoms with van der Waals surface area (Å²) in [7, 11) is 0. The molecule has 15 amide bonds. The third-order valence-corrected chi connectivity index (χ3v) is 19.2. The first kappa shape index (κ1) is 99.8. The summed E-state index contributed by atoms with van der Waals surface area (Å²) >= 11 is 0. The number of aromatic nitrogens is 2. The molecule has 2 aromatic heterocycles. The van der Waals surface area contributed by atoms with E-state index in [2.05, 4.69) is 75.4 Å². The smallest absolute Gasteiger partial charge is 0.329 e. The number of aromatic amines is 1. The predicted molar refractivity (Wildman–Crippen MR) is 432 cm³/mol. The van der Waals surface area contributed by atoms with E-state index in [1.807, 2.05) is 16.0 Å². The van der Waals surface area contributed by atoms with E-state index in [9.17, 15) is 121 Å². The number of primary amides is 1. The van der Waals surface area contributed by atoms with Crippen molar-refractivity contribution in [1.82, 2.24) is 84.4 Å². The molecule has 1 aliphatic heterocycles. The number of nitrogens with one attached hydrogen (secondary N) is 15. The summed E-state index contributed by atoms with van der Waals surface area (Å²) in [5.41, 5.74) is 18.3. The average Bonchev–Trinajstić information content (AvgIpc) is 1.72. The zero-order valence-electron chi connectivity index (χ0n) is 68.0. The number of pyridine rings is 1. The number of anilines is 2. The van der Waals surface area contributed by atoms with Gasteiger partial charge in [-0.1, -0.05) is 82.7 Å². The van der Waals surface area contributed by atoms with Gasteiger partial charge in [0.25, 0.3) is 5.91 Å². The molecule has 670 valence electrons. The number of hydrogen-bond acceptors (Lipinski definition) is 26. The molecular formula is C78H107N19O26. The number of carboxylic acid groups (broad SMARTS) is 3. The maximum absolute atomic E-state index is 15.0. The summed E-state index contributed by atoms with van der Waals surface area (Å²) < 4.78 is 5.76. The van der Waals surface area contributed by atoms with Crippen molar-refractivity contribution in [3.05, 3.63) is 89.7 Å². The topological polar surface area (TPSA) is 727 Å². The molecule has 13 atom stereocenters. The lowest BCUT2D eigenvalue weighted by molar-refractivity contribution is -0.156. The molecule has 0 unspecified atom stereocenters. The normalized spacial score (nSPS) is 20.5. The molecule has 5 rings (SSSR count). The van der Waals surface area contributed by atoms with E-state index in [4.69, 9.17) is 21.9 Å². The Morgan fingerprint density at radius 1 is 0.569 bits per heavy atom. The number of nitrogens with zero attached hydrogens (tertiary/aromatic N) is 1.